The average molecular weight is 613 g/mol. The molecular formula is C34H37FN6O4. The van der Waals surface area contributed by atoms with E-state index in [1.807, 2.05) is 11.0 Å². The first-order valence-electron chi connectivity index (χ1n) is 15.4. The van der Waals surface area contributed by atoms with Crippen molar-refractivity contribution in [2.75, 3.05) is 31.5 Å². The van der Waals surface area contributed by atoms with E-state index >= 15 is 4.39 Å². The molecule has 0 bridgehead atoms. The third-order valence-electron chi connectivity index (χ3n) is 8.81. The first kappa shape index (κ1) is 30.3. The highest BCUT2D eigenvalue weighted by molar-refractivity contribution is 6.05. The highest BCUT2D eigenvalue weighted by atomic mass is 19.1. The molecule has 2 aromatic carbocycles. The normalized spacial score (nSPS) is 16.0. The summed E-state index contributed by atoms with van der Waals surface area (Å²) in [6.07, 6.45) is 7.17. The minimum absolute atomic E-state index is 0.0354. The predicted molar refractivity (Wildman–Crippen MR) is 169 cm³/mol. The van der Waals surface area contributed by atoms with Gasteiger partial charge in [-0.15, -0.1) is 0 Å². The summed E-state index contributed by atoms with van der Waals surface area (Å²) < 4.78 is 23.9. The summed E-state index contributed by atoms with van der Waals surface area (Å²) in [5, 5.41) is 2.62. The van der Waals surface area contributed by atoms with Crippen LogP contribution in [0.5, 0.6) is 11.5 Å². The minimum Gasteiger partial charge on any atom is -0.454 e. The Bertz CT molecular complexity index is 1750. The maximum absolute atomic E-state index is 15.1. The molecule has 0 saturated carbocycles. The van der Waals surface area contributed by atoms with E-state index in [4.69, 9.17) is 4.74 Å². The fraction of sp³-hybridized carbons (Fsp3) is 0.353. The summed E-state index contributed by atoms with van der Waals surface area (Å²) in [7, 11) is 1.70. The number of aromatic nitrogens is 3. The van der Waals surface area contributed by atoms with Gasteiger partial charge in [0.2, 0.25) is 0 Å². The second kappa shape index (κ2) is 13.1. The number of pyridine rings is 1. The minimum atomic E-state index is -0.719. The van der Waals surface area contributed by atoms with Crippen LogP contribution >= 0.6 is 0 Å². The lowest BCUT2D eigenvalue weighted by Crippen LogP contribution is -2.48. The van der Waals surface area contributed by atoms with Gasteiger partial charge in [0.1, 0.15) is 17.0 Å². The highest BCUT2D eigenvalue weighted by Crippen LogP contribution is 2.28. The van der Waals surface area contributed by atoms with Gasteiger partial charge in [-0.05, 0) is 76.0 Å². The smallest absolute Gasteiger partial charge is 0.284 e. The first-order valence-corrected chi connectivity index (χ1v) is 15.4. The van der Waals surface area contributed by atoms with Crippen LogP contribution in [-0.2, 0) is 7.05 Å². The number of nitrogens with one attached hydrogen (secondary N) is 1. The van der Waals surface area contributed by atoms with Gasteiger partial charge in [-0.3, -0.25) is 24.0 Å². The van der Waals surface area contributed by atoms with E-state index in [0.717, 1.165) is 32.0 Å². The molecule has 10 nitrogen and oxygen atoms in total. The molecule has 11 heteroatoms. The van der Waals surface area contributed by atoms with Gasteiger partial charge in [0.25, 0.3) is 17.4 Å². The molecule has 2 amide bonds. The van der Waals surface area contributed by atoms with Crippen LogP contribution in [0.15, 0.2) is 71.7 Å². The third kappa shape index (κ3) is 6.39. The summed E-state index contributed by atoms with van der Waals surface area (Å²) in [6.45, 7) is 5.32. The van der Waals surface area contributed by atoms with E-state index in [1.54, 1.807) is 49.0 Å². The number of rotatable bonds is 7. The fourth-order valence-corrected chi connectivity index (χ4v) is 6.28. The molecule has 0 atom stereocenters. The molecule has 45 heavy (non-hydrogen) atoms. The Morgan fingerprint density at radius 3 is 2.40 bits per heavy atom. The van der Waals surface area contributed by atoms with Crippen molar-refractivity contribution in [3.05, 3.63) is 100.0 Å². The highest BCUT2D eigenvalue weighted by Gasteiger charge is 2.29. The SMILES string of the molecule is Cc1c(C(=O)Nc2ccc(Oc3ccnc(C(=O)N4CCC(N5CCCCC5)CC4)c3)c(F)c2)c(=O)n(-c2ccccc2)n1C. The van der Waals surface area contributed by atoms with Crippen molar-refractivity contribution in [3.8, 4) is 17.2 Å². The van der Waals surface area contributed by atoms with Crippen molar-refractivity contribution < 1.29 is 18.7 Å². The summed E-state index contributed by atoms with van der Waals surface area (Å²) >= 11 is 0. The maximum Gasteiger partial charge on any atom is 0.284 e. The van der Waals surface area contributed by atoms with Crippen LogP contribution in [0.1, 0.15) is 58.6 Å². The van der Waals surface area contributed by atoms with Crippen LogP contribution in [0.2, 0.25) is 0 Å². The molecule has 2 aromatic heterocycles. The molecule has 234 valence electrons. The van der Waals surface area contributed by atoms with Crippen LogP contribution in [-0.4, -0.2) is 68.2 Å². The van der Waals surface area contributed by atoms with E-state index in [-0.39, 0.29) is 34.4 Å². The number of likely N-dealkylation sites (tertiary alicyclic amines) is 2. The Morgan fingerprint density at radius 2 is 1.69 bits per heavy atom. The Hall–Kier alpha value is -4.77. The van der Waals surface area contributed by atoms with Gasteiger partial charge in [0.15, 0.2) is 11.6 Å². The first-order chi connectivity index (χ1) is 21.8. The molecule has 0 spiro atoms. The molecule has 0 aliphatic carbocycles. The number of hydrogen-bond acceptors (Lipinski definition) is 6. The zero-order chi connectivity index (χ0) is 31.5. The molecule has 4 heterocycles. The molecule has 4 aromatic rings. The second-order valence-electron chi connectivity index (χ2n) is 11.6. The second-order valence-corrected chi connectivity index (χ2v) is 11.6. The number of ether oxygens (including phenoxy) is 1. The van der Waals surface area contributed by atoms with Gasteiger partial charge in [-0.2, -0.15) is 0 Å². The van der Waals surface area contributed by atoms with Crippen LogP contribution < -0.4 is 15.6 Å². The number of piperidine rings is 2. The molecule has 2 saturated heterocycles. The van der Waals surface area contributed by atoms with E-state index in [9.17, 15) is 14.4 Å². The zero-order valence-corrected chi connectivity index (χ0v) is 25.5. The number of amides is 2. The number of anilines is 1. The monoisotopic (exact) mass is 612 g/mol. The van der Waals surface area contributed by atoms with Crippen molar-refractivity contribution in [3.63, 3.8) is 0 Å². The number of carbonyl (C=O) groups excluding carboxylic acids is 2. The van der Waals surface area contributed by atoms with Crippen LogP contribution in [0.4, 0.5) is 10.1 Å². The Morgan fingerprint density at radius 1 is 0.956 bits per heavy atom. The molecule has 2 aliphatic rings. The fourth-order valence-electron chi connectivity index (χ4n) is 6.28. The van der Waals surface area contributed by atoms with Crippen molar-refractivity contribution in [1.29, 1.82) is 0 Å². The van der Waals surface area contributed by atoms with Gasteiger partial charge in [0, 0.05) is 50.2 Å². The van der Waals surface area contributed by atoms with Gasteiger partial charge in [-0.25, -0.2) is 9.07 Å². The lowest BCUT2D eigenvalue weighted by atomic mass is 9.99. The van der Waals surface area contributed by atoms with E-state index < -0.39 is 17.3 Å². The Kier molecular flexibility index (Phi) is 8.79. The lowest BCUT2D eigenvalue weighted by molar-refractivity contribution is 0.0584. The van der Waals surface area contributed by atoms with Gasteiger partial charge in [-0.1, -0.05) is 24.6 Å². The maximum atomic E-state index is 15.1. The largest absolute Gasteiger partial charge is 0.454 e. The quantitative estimate of drug-likeness (QED) is 0.310. The van der Waals surface area contributed by atoms with Crippen molar-refractivity contribution in [2.24, 2.45) is 7.05 Å². The van der Waals surface area contributed by atoms with Crippen LogP contribution in [0.25, 0.3) is 5.69 Å². The molecule has 6 rings (SSSR count). The summed E-state index contributed by atoms with van der Waals surface area (Å²) in [6, 6.07) is 16.6. The van der Waals surface area contributed by atoms with Gasteiger partial charge in [0.05, 0.1) is 11.4 Å². The summed E-state index contributed by atoms with van der Waals surface area (Å²) in [4.78, 5) is 48.2. The number of hydrogen-bond donors (Lipinski definition) is 1. The average Bonchev–Trinajstić information content (AvgIpc) is 3.29. The van der Waals surface area contributed by atoms with Crippen LogP contribution in [0.3, 0.4) is 0 Å². The standard InChI is InChI=1S/C34H37FN6O4/c1-23-31(34(44)41(38(23)2)26-9-5-3-6-10-26)32(42)37-24-11-12-30(28(35)21-24)45-27-13-16-36-29(22-27)33(43)40-19-14-25(15-20-40)39-17-7-4-8-18-39/h3,5-6,9-13,16,21-22,25H,4,7-8,14-15,17-20H2,1-2H3,(H,37,42). The Balaban J connectivity index is 1.10. The molecule has 2 fully saturated rings. The number of carbonyl (C=O) groups is 2. The predicted octanol–water partition coefficient (Wildman–Crippen LogP) is 5.15. The molecule has 1 N–H and O–H groups in total. The number of benzene rings is 2. The topological polar surface area (TPSA) is 102 Å². The van der Waals surface area contributed by atoms with E-state index in [1.165, 1.54) is 48.3 Å². The zero-order valence-electron chi connectivity index (χ0n) is 25.5. The summed E-state index contributed by atoms with van der Waals surface area (Å²) in [5.74, 6) is -1.34. The molecule has 2 aliphatic heterocycles. The number of para-hydroxylation sites is 1. The van der Waals surface area contributed by atoms with E-state index in [0.29, 0.717) is 30.5 Å². The van der Waals surface area contributed by atoms with Crippen molar-refractivity contribution in [1.82, 2.24) is 24.1 Å². The molecular weight excluding hydrogens is 575 g/mol. The van der Waals surface area contributed by atoms with E-state index in [2.05, 4.69) is 15.2 Å². The third-order valence-corrected chi connectivity index (χ3v) is 8.81. The van der Waals surface area contributed by atoms with Crippen LogP contribution in [0, 0.1) is 12.7 Å². The molecule has 0 unspecified atom stereocenters. The number of halogens is 1. The van der Waals surface area contributed by atoms with Gasteiger partial charge >= 0.3 is 0 Å². The Labute approximate surface area is 261 Å². The molecule has 0 radical (unpaired) electrons. The summed E-state index contributed by atoms with van der Waals surface area (Å²) in [5.41, 5.74) is 0.986. The lowest BCUT2D eigenvalue weighted by Gasteiger charge is -2.40. The number of nitrogens with zero attached hydrogens (tertiary/aromatic N) is 5. The van der Waals surface area contributed by atoms with Gasteiger partial charge < -0.3 is 19.9 Å². The van der Waals surface area contributed by atoms with Crippen molar-refractivity contribution >= 4 is 17.5 Å². The van der Waals surface area contributed by atoms with Crippen molar-refractivity contribution in [2.45, 2.75) is 45.1 Å².